The lowest BCUT2D eigenvalue weighted by Crippen LogP contribution is -2.44. The first kappa shape index (κ1) is 12.0. The Labute approximate surface area is 89.0 Å². The highest BCUT2D eigenvalue weighted by Gasteiger charge is 2.45. The molecule has 5 nitrogen and oxygen atoms in total. The summed E-state index contributed by atoms with van der Waals surface area (Å²) in [6.07, 6.45) is 0.573. The molecule has 86 valence electrons. The van der Waals surface area contributed by atoms with Crippen molar-refractivity contribution in [3.05, 3.63) is 0 Å². The molecule has 1 aliphatic heterocycles. The Bertz CT molecular complexity index is 279. The van der Waals surface area contributed by atoms with Crippen LogP contribution in [0.5, 0.6) is 0 Å². The number of aliphatic hydroxyl groups excluding tert-OH is 1. The SMILES string of the molecule is COC(=O)C(C)N1CCC(C)(CO)C1=O. The molecule has 0 aromatic heterocycles. The Morgan fingerprint density at radius 3 is 2.73 bits per heavy atom. The first-order valence-electron chi connectivity index (χ1n) is 4.96. The third-order valence-electron chi connectivity index (χ3n) is 3.04. The Kier molecular flexibility index (Phi) is 3.34. The van der Waals surface area contributed by atoms with Gasteiger partial charge in [-0.25, -0.2) is 4.79 Å². The average Bonchev–Trinajstić information content (AvgIpc) is 2.55. The van der Waals surface area contributed by atoms with E-state index in [0.717, 1.165) is 0 Å². The van der Waals surface area contributed by atoms with Crippen molar-refractivity contribution in [1.82, 2.24) is 4.90 Å². The predicted octanol–water partition coefficient (Wildman–Crippen LogP) is -0.221. The van der Waals surface area contributed by atoms with Gasteiger partial charge in [0.15, 0.2) is 0 Å². The predicted molar refractivity (Wildman–Crippen MR) is 53.0 cm³/mol. The number of esters is 1. The highest BCUT2D eigenvalue weighted by atomic mass is 16.5. The lowest BCUT2D eigenvalue weighted by molar-refractivity contribution is -0.152. The summed E-state index contributed by atoms with van der Waals surface area (Å²) in [5, 5.41) is 9.13. The fourth-order valence-electron chi connectivity index (χ4n) is 1.74. The van der Waals surface area contributed by atoms with Gasteiger partial charge in [0.05, 0.1) is 19.1 Å². The summed E-state index contributed by atoms with van der Waals surface area (Å²) in [5.41, 5.74) is -0.734. The number of aliphatic hydroxyl groups is 1. The number of nitrogens with zero attached hydrogens (tertiary/aromatic N) is 1. The molecule has 0 saturated carbocycles. The van der Waals surface area contributed by atoms with Crippen molar-refractivity contribution in [2.45, 2.75) is 26.3 Å². The fourth-order valence-corrected chi connectivity index (χ4v) is 1.74. The van der Waals surface area contributed by atoms with E-state index in [9.17, 15) is 9.59 Å². The Hall–Kier alpha value is -1.10. The van der Waals surface area contributed by atoms with E-state index in [1.165, 1.54) is 12.0 Å². The van der Waals surface area contributed by atoms with Gasteiger partial charge in [0.1, 0.15) is 6.04 Å². The molecule has 1 heterocycles. The van der Waals surface area contributed by atoms with Crippen molar-refractivity contribution in [2.24, 2.45) is 5.41 Å². The molecule has 2 atom stereocenters. The summed E-state index contributed by atoms with van der Waals surface area (Å²) in [6, 6.07) is -0.573. The van der Waals surface area contributed by atoms with Crippen LogP contribution in [0.3, 0.4) is 0 Å². The van der Waals surface area contributed by atoms with Crippen LogP contribution in [0.2, 0.25) is 0 Å². The molecule has 1 rings (SSSR count). The smallest absolute Gasteiger partial charge is 0.328 e. The molecular weight excluding hydrogens is 198 g/mol. The van der Waals surface area contributed by atoms with Gasteiger partial charge in [0.25, 0.3) is 0 Å². The van der Waals surface area contributed by atoms with Crippen molar-refractivity contribution >= 4 is 11.9 Å². The van der Waals surface area contributed by atoms with Gasteiger partial charge in [-0.05, 0) is 20.3 Å². The van der Waals surface area contributed by atoms with E-state index in [-0.39, 0.29) is 12.5 Å². The van der Waals surface area contributed by atoms with Crippen molar-refractivity contribution in [2.75, 3.05) is 20.3 Å². The van der Waals surface area contributed by atoms with Gasteiger partial charge in [-0.3, -0.25) is 4.79 Å². The largest absolute Gasteiger partial charge is 0.467 e. The van der Waals surface area contributed by atoms with Gasteiger partial charge < -0.3 is 14.7 Å². The zero-order chi connectivity index (χ0) is 11.6. The topological polar surface area (TPSA) is 66.8 Å². The first-order valence-corrected chi connectivity index (χ1v) is 4.96. The molecule has 0 aliphatic carbocycles. The van der Waals surface area contributed by atoms with E-state index >= 15 is 0 Å². The van der Waals surface area contributed by atoms with Gasteiger partial charge in [-0.1, -0.05) is 0 Å². The third-order valence-corrected chi connectivity index (χ3v) is 3.04. The normalized spacial score (nSPS) is 28.0. The second-order valence-corrected chi connectivity index (χ2v) is 4.17. The third kappa shape index (κ3) is 1.97. The van der Waals surface area contributed by atoms with Crippen LogP contribution in [-0.2, 0) is 14.3 Å². The molecular formula is C10H17NO4. The molecule has 0 aromatic rings. The Balaban J connectivity index is 2.76. The Morgan fingerprint density at radius 1 is 1.73 bits per heavy atom. The number of hydrogen-bond donors (Lipinski definition) is 1. The van der Waals surface area contributed by atoms with Crippen LogP contribution in [0, 0.1) is 5.41 Å². The molecule has 1 fully saturated rings. The molecule has 1 N–H and O–H groups in total. The summed E-state index contributed by atoms with van der Waals surface area (Å²) in [5.74, 6) is -0.603. The number of carbonyl (C=O) groups excluding carboxylic acids is 2. The second kappa shape index (κ2) is 4.18. The molecule has 15 heavy (non-hydrogen) atoms. The van der Waals surface area contributed by atoms with Gasteiger partial charge in [-0.15, -0.1) is 0 Å². The summed E-state index contributed by atoms with van der Waals surface area (Å²) >= 11 is 0. The van der Waals surface area contributed by atoms with Crippen LogP contribution in [0.1, 0.15) is 20.3 Å². The molecule has 0 aromatic carbocycles. The minimum Gasteiger partial charge on any atom is -0.467 e. The maximum Gasteiger partial charge on any atom is 0.328 e. The molecule has 2 unspecified atom stereocenters. The number of rotatable bonds is 3. The molecule has 1 amide bonds. The zero-order valence-electron chi connectivity index (χ0n) is 9.32. The molecule has 1 saturated heterocycles. The van der Waals surface area contributed by atoms with Crippen LogP contribution in [0.4, 0.5) is 0 Å². The number of methoxy groups -OCH3 is 1. The number of likely N-dealkylation sites (tertiary alicyclic amines) is 1. The number of ether oxygens (including phenoxy) is 1. The highest BCUT2D eigenvalue weighted by molar-refractivity contribution is 5.89. The van der Waals surface area contributed by atoms with E-state index in [4.69, 9.17) is 5.11 Å². The minimum absolute atomic E-state index is 0.178. The molecule has 5 heteroatoms. The summed E-state index contributed by atoms with van der Waals surface area (Å²) in [7, 11) is 1.30. The molecule has 0 spiro atoms. The van der Waals surface area contributed by atoms with Crippen LogP contribution >= 0.6 is 0 Å². The molecule has 0 radical (unpaired) electrons. The maximum atomic E-state index is 11.9. The van der Waals surface area contributed by atoms with Gasteiger partial charge >= 0.3 is 5.97 Å². The van der Waals surface area contributed by atoms with Crippen molar-refractivity contribution < 1.29 is 19.4 Å². The summed E-state index contributed by atoms with van der Waals surface area (Å²) in [4.78, 5) is 24.6. The monoisotopic (exact) mass is 215 g/mol. The molecule has 1 aliphatic rings. The van der Waals surface area contributed by atoms with E-state index in [1.807, 2.05) is 0 Å². The van der Waals surface area contributed by atoms with Crippen LogP contribution in [0.25, 0.3) is 0 Å². The van der Waals surface area contributed by atoms with Crippen molar-refractivity contribution in [3.63, 3.8) is 0 Å². The van der Waals surface area contributed by atoms with Crippen LogP contribution in [0.15, 0.2) is 0 Å². The van der Waals surface area contributed by atoms with Gasteiger partial charge in [0, 0.05) is 6.54 Å². The number of hydrogen-bond acceptors (Lipinski definition) is 4. The van der Waals surface area contributed by atoms with Gasteiger partial charge in [-0.2, -0.15) is 0 Å². The van der Waals surface area contributed by atoms with Crippen molar-refractivity contribution in [1.29, 1.82) is 0 Å². The standard InChI is InChI=1S/C10H17NO4/c1-7(8(13)15-3)11-5-4-10(2,6-12)9(11)14/h7,12H,4-6H2,1-3H3. The first-order chi connectivity index (χ1) is 6.96. The Morgan fingerprint density at radius 2 is 2.33 bits per heavy atom. The number of carbonyl (C=O) groups is 2. The number of amides is 1. The molecule has 0 bridgehead atoms. The quantitative estimate of drug-likeness (QED) is 0.661. The van der Waals surface area contributed by atoms with E-state index in [0.29, 0.717) is 13.0 Å². The lowest BCUT2D eigenvalue weighted by atomic mass is 9.90. The second-order valence-electron chi connectivity index (χ2n) is 4.17. The highest BCUT2D eigenvalue weighted by Crippen LogP contribution is 2.32. The average molecular weight is 215 g/mol. The van der Waals surface area contributed by atoms with E-state index in [2.05, 4.69) is 4.74 Å². The van der Waals surface area contributed by atoms with Gasteiger partial charge in [0.2, 0.25) is 5.91 Å². The zero-order valence-corrected chi connectivity index (χ0v) is 9.32. The summed E-state index contributed by atoms with van der Waals surface area (Å²) < 4.78 is 4.58. The fraction of sp³-hybridized carbons (Fsp3) is 0.800. The van der Waals surface area contributed by atoms with Crippen molar-refractivity contribution in [3.8, 4) is 0 Å². The van der Waals surface area contributed by atoms with E-state index in [1.54, 1.807) is 13.8 Å². The summed E-state index contributed by atoms with van der Waals surface area (Å²) in [6.45, 7) is 3.65. The minimum atomic E-state index is -0.734. The van der Waals surface area contributed by atoms with E-state index < -0.39 is 17.4 Å². The maximum absolute atomic E-state index is 11.9. The lowest BCUT2D eigenvalue weighted by Gasteiger charge is -2.25. The van der Waals surface area contributed by atoms with Crippen LogP contribution in [-0.4, -0.2) is 48.2 Å². The van der Waals surface area contributed by atoms with Crippen LogP contribution < -0.4 is 0 Å².